The summed E-state index contributed by atoms with van der Waals surface area (Å²) in [5.74, 6) is 1.73. The number of ether oxygens (including phenoxy) is 3. The van der Waals surface area contributed by atoms with Crippen LogP contribution in [0.25, 0.3) is 11.1 Å². The average Bonchev–Trinajstić information content (AvgIpc) is 3.43. The first-order valence-electron chi connectivity index (χ1n) is 13.7. The van der Waals surface area contributed by atoms with Crippen LogP contribution >= 0.6 is 23.2 Å². The molecule has 0 bridgehead atoms. The Balaban J connectivity index is 1.43. The maximum atomic E-state index is 9.47. The highest BCUT2D eigenvalue weighted by atomic mass is 35.5. The Morgan fingerprint density at radius 2 is 1.88 bits per heavy atom. The van der Waals surface area contributed by atoms with Crippen LogP contribution in [0.4, 0.5) is 0 Å². The fourth-order valence-corrected chi connectivity index (χ4v) is 5.63. The zero-order valence-electron chi connectivity index (χ0n) is 23.4. The molecule has 0 amide bonds. The molecular formula is C33H31Cl2N3O4. The van der Waals surface area contributed by atoms with E-state index in [0.29, 0.717) is 39.4 Å². The molecule has 0 radical (unpaired) electrons. The Hall–Kier alpha value is -3.80. The molecule has 2 atom stereocenters. The lowest BCUT2D eigenvalue weighted by molar-refractivity contribution is 0.205. The highest BCUT2D eigenvalue weighted by Crippen LogP contribution is 2.45. The van der Waals surface area contributed by atoms with Gasteiger partial charge in [0.1, 0.15) is 36.0 Å². The van der Waals surface area contributed by atoms with E-state index >= 15 is 0 Å². The summed E-state index contributed by atoms with van der Waals surface area (Å²) in [6.45, 7) is 2.54. The number of hydrogen-bond donors (Lipinski definition) is 2. The van der Waals surface area contributed by atoms with Crippen LogP contribution in [0.5, 0.6) is 17.2 Å². The molecule has 1 aromatic heterocycles. The van der Waals surface area contributed by atoms with Gasteiger partial charge < -0.3 is 24.6 Å². The number of fused-ring (bicyclic) bond motifs is 1. The van der Waals surface area contributed by atoms with Gasteiger partial charge in [-0.2, -0.15) is 5.26 Å². The van der Waals surface area contributed by atoms with Crippen LogP contribution in [-0.4, -0.2) is 29.8 Å². The Bertz CT molecular complexity index is 1620. The van der Waals surface area contributed by atoms with Crippen LogP contribution in [0.3, 0.4) is 0 Å². The van der Waals surface area contributed by atoms with E-state index in [-0.39, 0.29) is 25.4 Å². The van der Waals surface area contributed by atoms with Gasteiger partial charge in [0.05, 0.1) is 29.3 Å². The third-order valence-corrected chi connectivity index (χ3v) is 7.99. The second-order valence-electron chi connectivity index (χ2n) is 10.2. The minimum absolute atomic E-state index is 0.00178. The van der Waals surface area contributed by atoms with Gasteiger partial charge in [-0.15, -0.1) is 0 Å². The number of halogens is 2. The largest absolute Gasteiger partial charge is 0.495 e. The number of nitriles is 1. The van der Waals surface area contributed by atoms with Crippen LogP contribution in [0.2, 0.25) is 10.0 Å². The number of nitrogens with one attached hydrogen (secondary N) is 1. The van der Waals surface area contributed by atoms with Crippen molar-refractivity contribution < 1.29 is 19.3 Å². The predicted octanol–water partition coefficient (Wildman–Crippen LogP) is 7.05. The molecule has 1 aliphatic carbocycles. The Morgan fingerprint density at radius 3 is 2.67 bits per heavy atom. The van der Waals surface area contributed by atoms with Crippen molar-refractivity contribution >= 4 is 23.2 Å². The Morgan fingerprint density at radius 1 is 1.07 bits per heavy atom. The monoisotopic (exact) mass is 603 g/mol. The van der Waals surface area contributed by atoms with Crippen molar-refractivity contribution in [1.29, 1.82) is 5.26 Å². The molecule has 0 aliphatic heterocycles. The maximum Gasteiger partial charge on any atom is 0.142 e. The summed E-state index contributed by atoms with van der Waals surface area (Å²) in [6, 6.07) is 19.3. The topological polar surface area (TPSA) is 96.6 Å². The molecule has 1 aliphatic rings. The van der Waals surface area contributed by atoms with Crippen molar-refractivity contribution in [3.63, 3.8) is 0 Å². The van der Waals surface area contributed by atoms with Gasteiger partial charge in [0.2, 0.25) is 0 Å². The lowest BCUT2D eigenvalue weighted by Gasteiger charge is -2.20. The molecule has 3 aromatic carbocycles. The van der Waals surface area contributed by atoms with Crippen molar-refractivity contribution in [2.24, 2.45) is 0 Å². The van der Waals surface area contributed by atoms with E-state index in [1.54, 1.807) is 19.4 Å². The summed E-state index contributed by atoms with van der Waals surface area (Å²) in [5, 5.41) is 23.0. The molecule has 0 saturated heterocycles. The summed E-state index contributed by atoms with van der Waals surface area (Å²) in [7, 11) is 1.61. The molecule has 0 spiro atoms. The van der Waals surface area contributed by atoms with Gasteiger partial charge in [-0.3, -0.25) is 4.98 Å². The lowest BCUT2D eigenvalue weighted by Crippen LogP contribution is -2.28. The molecule has 2 N–H and O–H groups in total. The summed E-state index contributed by atoms with van der Waals surface area (Å²) >= 11 is 13.4. The minimum Gasteiger partial charge on any atom is -0.495 e. The van der Waals surface area contributed by atoms with E-state index in [4.69, 9.17) is 37.4 Å². The zero-order chi connectivity index (χ0) is 29.6. The molecular weight excluding hydrogens is 573 g/mol. The quantitative estimate of drug-likeness (QED) is 0.189. The molecule has 0 fully saturated rings. The van der Waals surface area contributed by atoms with E-state index in [9.17, 15) is 10.4 Å². The third kappa shape index (κ3) is 6.48. The number of aliphatic hydroxyl groups excluding tert-OH is 1. The molecule has 4 aromatic rings. The molecule has 216 valence electrons. The molecule has 9 heteroatoms. The molecule has 42 heavy (non-hydrogen) atoms. The summed E-state index contributed by atoms with van der Waals surface area (Å²) in [5.41, 5.74) is 6.31. The van der Waals surface area contributed by atoms with Gasteiger partial charge >= 0.3 is 0 Å². The van der Waals surface area contributed by atoms with Gasteiger partial charge in [-0.05, 0) is 54.7 Å². The van der Waals surface area contributed by atoms with Gasteiger partial charge in [0.25, 0.3) is 0 Å². The van der Waals surface area contributed by atoms with Gasteiger partial charge in [-0.25, -0.2) is 0 Å². The Kier molecular flexibility index (Phi) is 9.51. The van der Waals surface area contributed by atoms with Gasteiger partial charge in [0, 0.05) is 47.7 Å². The van der Waals surface area contributed by atoms with E-state index in [1.807, 2.05) is 43.3 Å². The minimum atomic E-state index is -0.204. The number of methoxy groups -OCH3 is 1. The fourth-order valence-electron chi connectivity index (χ4n) is 5.10. The van der Waals surface area contributed by atoms with Crippen molar-refractivity contribution in [2.45, 2.75) is 45.1 Å². The summed E-state index contributed by atoms with van der Waals surface area (Å²) < 4.78 is 18.2. The number of aliphatic hydroxyl groups is 1. The first kappa shape index (κ1) is 29.7. The first-order chi connectivity index (χ1) is 20.4. The molecule has 0 unspecified atom stereocenters. The highest BCUT2D eigenvalue weighted by molar-refractivity contribution is 6.35. The van der Waals surface area contributed by atoms with Crippen LogP contribution in [0, 0.1) is 11.3 Å². The third-order valence-electron chi connectivity index (χ3n) is 7.31. The predicted molar refractivity (Wildman–Crippen MR) is 163 cm³/mol. The molecule has 5 rings (SSSR count). The number of aromatic nitrogens is 1. The SMILES string of the molecule is COc1cccc(-c2cccc3c2CC[C@@H]3Oc2cc(OCc3cncc(C#N)c3)c(CN[C@H](C)CO)cc2Cl)c1Cl. The summed E-state index contributed by atoms with van der Waals surface area (Å²) in [6.07, 6.45) is 4.58. The molecule has 7 nitrogen and oxygen atoms in total. The van der Waals surface area contributed by atoms with Crippen molar-refractivity contribution in [2.75, 3.05) is 13.7 Å². The fraction of sp³-hybridized carbons (Fsp3) is 0.273. The number of pyridine rings is 1. The van der Waals surface area contributed by atoms with Crippen molar-refractivity contribution in [1.82, 2.24) is 10.3 Å². The molecule has 1 heterocycles. The van der Waals surface area contributed by atoms with Crippen molar-refractivity contribution in [3.8, 4) is 34.4 Å². The van der Waals surface area contributed by atoms with Crippen LogP contribution in [0.15, 0.2) is 67.0 Å². The number of rotatable bonds is 11. The Labute approximate surface area is 255 Å². The van der Waals surface area contributed by atoms with Gasteiger partial charge in [-0.1, -0.05) is 53.5 Å². The van der Waals surface area contributed by atoms with Crippen molar-refractivity contribution in [3.05, 3.63) is 105 Å². The van der Waals surface area contributed by atoms with E-state index in [0.717, 1.165) is 40.7 Å². The van der Waals surface area contributed by atoms with E-state index in [1.165, 1.54) is 11.8 Å². The smallest absolute Gasteiger partial charge is 0.142 e. The van der Waals surface area contributed by atoms with Crippen LogP contribution < -0.4 is 19.5 Å². The summed E-state index contributed by atoms with van der Waals surface area (Å²) in [4.78, 5) is 4.12. The number of hydrogen-bond acceptors (Lipinski definition) is 7. The van der Waals surface area contributed by atoms with Gasteiger partial charge in [0.15, 0.2) is 0 Å². The van der Waals surface area contributed by atoms with Crippen LogP contribution in [-0.2, 0) is 19.6 Å². The second kappa shape index (κ2) is 13.5. The average molecular weight is 605 g/mol. The highest BCUT2D eigenvalue weighted by Gasteiger charge is 2.28. The lowest BCUT2D eigenvalue weighted by atomic mass is 9.96. The maximum absolute atomic E-state index is 9.47. The first-order valence-corrected chi connectivity index (χ1v) is 14.4. The normalized spacial score (nSPS) is 14.6. The number of nitrogens with zero attached hydrogens (tertiary/aromatic N) is 2. The molecule has 0 saturated carbocycles. The zero-order valence-corrected chi connectivity index (χ0v) is 24.9. The van der Waals surface area contributed by atoms with E-state index < -0.39 is 0 Å². The van der Waals surface area contributed by atoms with E-state index in [2.05, 4.69) is 28.5 Å². The number of benzene rings is 3. The standard InChI is InChI=1S/C33H31Cl2N3O4/c1-20(18-39)38-17-23-12-28(34)32(13-31(23)41-19-22-11-21(14-36)15-37-16-22)42-29-10-9-25-24(5-3-6-26(25)29)27-7-4-8-30(40-2)33(27)35/h3-8,11-13,15-16,20,29,38-39H,9-10,17-19H2,1-2H3/t20-,29+/m1/s1. The van der Waals surface area contributed by atoms with Crippen LogP contribution in [0.1, 0.15) is 47.3 Å². The second-order valence-corrected chi connectivity index (χ2v) is 11.0.